The highest BCUT2D eigenvalue weighted by molar-refractivity contribution is 5.88. The zero-order valence-corrected chi connectivity index (χ0v) is 15.1. The third-order valence-electron chi connectivity index (χ3n) is 5.12. The van der Waals surface area contributed by atoms with Gasteiger partial charge in [0, 0.05) is 13.0 Å². The van der Waals surface area contributed by atoms with Crippen LogP contribution in [0, 0.1) is 0 Å². The Balaban J connectivity index is 1.87. The fourth-order valence-electron chi connectivity index (χ4n) is 3.67. The van der Waals surface area contributed by atoms with E-state index >= 15 is 0 Å². The van der Waals surface area contributed by atoms with Crippen LogP contribution in [0.25, 0.3) is 0 Å². The molecule has 2 rings (SSSR count). The fourth-order valence-corrected chi connectivity index (χ4v) is 3.67. The number of unbranched alkanes of at least 4 members (excludes halogenated alkanes) is 3. The molecular weight excluding hydrogens is 318 g/mol. The predicted molar refractivity (Wildman–Crippen MR) is 96.9 cm³/mol. The fraction of sp³-hybridized carbons (Fsp3) is 0.600. The first-order chi connectivity index (χ1) is 12.1. The number of hydrogen-bond donors (Lipinski definition) is 2. The van der Waals surface area contributed by atoms with Crippen molar-refractivity contribution in [1.82, 2.24) is 5.32 Å². The molecule has 25 heavy (non-hydrogen) atoms. The quantitative estimate of drug-likeness (QED) is 0.633. The van der Waals surface area contributed by atoms with Crippen LogP contribution in [-0.4, -0.2) is 30.6 Å². The maximum Gasteiger partial charge on any atom is 0.303 e. The van der Waals surface area contributed by atoms with Crippen molar-refractivity contribution in [3.63, 3.8) is 0 Å². The van der Waals surface area contributed by atoms with Crippen LogP contribution in [0.15, 0.2) is 24.3 Å². The molecule has 1 saturated carbocycles. The van der Waals surface area contributed by atoms with Crippen LogP contribution in [0.5, 0.6) is 5.75 Å². The number of aliphatic carboxylic acids is 1. The highest BCUT2D eigenvalue weighted by Gasteiger charge is 2.42. The van der Waals surface area contributed by atoms with Crippen molar-refractivity contribution in [3.8, 4) is 5.75 Å². The average molecular weight is 347 g/mol. The second kappa shape index (κ2) is 9.44. The van der Waals surface area contributed by atoms with Crippen molar-refractivity contribution in [1.29, 1.82) is 0 Å². The molecule has 0 atom stereocenters. The highest BCUT2D eigenvalue weighted by atomic mass is 16.5. The van der Waals surface area contributed by atoms with Crippen LogP contribution in [0.1, 0.15) is 63.4 Å². The summed E-state index contributed by atoms with van der Waals surface area (Å²) in [4.78, 5) is 23.4. The van der Waals surface area contributed by atoms with Gasteiger partial charge < -0.3 is 15.2 Å². The van der Waals surface area contributed by atoms with Gasteiger partial charge in [0.2, 0.25) is 5.91 Å². The van der Waals surface area contributed by atoms with Crippen molar-refractivity contribution < 1.29 is 19.4 Å². The van der Waals surface area contributed by atoms with E-state index in [1.165, 1.54) is 0 Å². The van der Waals surface area contributed by atoms with E-state index in [0.717, 1.165) is 56.3 Å². The second-order valence-electron chi connectivity index (χ2n) is 6.84. The Morgan fingerprint density at radius 3 is 2.56 bits per heavy atom. The molecule has 1 fully saturated rings. The topological polar surface area (TPSA) is 75.6 Å². The molecule has 5 nitrogen and oxygen atoms in total. The van der Waals surface area contributed by atoms with Gasteiger partial charge in [0.25, 0.3) is 0 Å². The molecule has 138 valence electrons. The lowest BCUT2D eigenvalue weighted by Crippen LogP contribution is -2.43. The van der Waals surface area contributed by atoms with Gasteiger partial charge in [-0.3, -0.25) is 9.59 Å². The first-order valence-electron chi connectivity index (χ1n) is 9.23. The molecule has 0 radical (unpaired) electrons. The Bertz CT molecular complexity index is 579. The summed E-state index contributed by atoms with van der Waals surface area (Å²) in [5, 5.41) is 11.7. The molecule has 0 unspecified atom stereocenters. The number of carboxylic acids is 1. The molecule has 0 aromatic heterocycles. The summed E-state index contributed by atoms with van der Waals surface area (Å²) in [5.74, 6) is 0.161. The van der Waals surface area contributed by atoms with Crippen LogP contribution in [0.4, 0.5) is 0 Å². The lowest BCUT2D eigenvalue weighted by molar-refractivity contribution is -0.137. The monoisotopic (exact) mass is 347 g/mol. The van der Waals surface area contributed by atoms with Crippen LogP contribution >= 0.6 is 0 Å². The molecular formula is C20H29NO4. The summed E-state index contributed by atoms with van der Waals surface area (Å²) >= 11 is 0. The van der Waals surface area contributed by atoms with E-state index in [2.05, 4.69) is 5.32 Å². The van der Waals surface area contributed by atoms with E-state index in [-0.39, 0.29) is 12.3 Å². The number of amides is 1. The number of ether oxygens (including phenoxy) is 1. The van der Waals surface area contributed by atoms with Gasteiger partial charge in [-0.25, -0.2) is 0 Å². The van der Waals surface area contributed by atoms with Crippen LogP contribution in [0.2, 0.25) is 0 Å². The van der Waals surface area contributed by atoms with Gasteiger partial charge in [-0.05, 0) is 43.4 Å². The van der Waals surface area contributed by atoms with Crippen molar-refractivity contribution in [2.45, 2.75) is 63.2 Å². The first-order valence-corrected chi connectivity index (χ1v) is 9.23. The van der Waals surface area contributed by atoms with Crippen molar-refractivity contribution in [2.24, 2.45) is 0 Å². The SMILES string of the molecule is COc1cccc(C2(C(=O)NCCCCCCC(=O)O)CCCC2)c1. The number of carbonyl (C=O) groups is 2. The van der Waals surface area contributed by atoms with Gasteiger partial charge in [0.15, 0.2) is 0 Å². The van der Waals surface area contributed by atoms with E-state index in [1.54, 1.807) is 7.11 Å². The lowest BCUT2D eigenvalue weighted by Gasteiger charge is -2.28. The molecule has 1 aliphatic rings. The van der Waals surface area contributed by atoms with Gasteiger partial charge in [-0.2, -0.15) is 0 Å². The third kappa shape index (κ3) is 5.21. The summed E-state index contributed by atoms with van der Waals surface area (Å²) in [7, 11) is 1.64. The van der Waals surface area contributed by atoms with E-state index < -0.39 is 11.4 Å². The van der Waals surface area contributed by atoms with E-state index in [9.17, 15) is 9.59 Å². The second-order valence-corrected chi connectivity index (χ2v) is 6.84. The Morgan fingerprint density at radius 2 is 1.88 bits per heavy atom. The zero-order valence-electron chi connectivity index (χ0n) is 15.1. The number of carboxylic acid groups (broad SMARTS) is 1. The maximum absolute atomic E-state index is 12.9. The molecule has 0 spiro atoms. The third-order valence-corrected chi connectivity index (χ3v) is 5.12. The van der Waals surface area contributed by atoms with Crippen molar-refractivity contribution in [3.05, 3.63) is 29.8 Å². The van der Waals surface area contributed by atoms with E-state index in [1.807, 2.05) is 24.3 Å². The van der Waals surface area contributed by atoms with Gasteiger partial charge in [-0.15, -0.1) is 0 Å². The summed E-state index contributed by atoms with van der Waals surface area (Å²) < 4.78 is 5.32. The van der Waals surface area contributed by atoms with Crippen LogP contribution in [0.3, 0.4) is 0 Å². The summed E-state index contributed by atoms with van der Waals surface area (Å²) in [6, 6.07) is 7.86. The number of carbonyl (C=O) groups excluding carboxylic acids is 1. The number of methoxy groups -OCH3 is 1. The first kappa shape index (κ1) is 19.3. The normalized spacial score (nSPS) is 15.7. The molecule has 1 amide bonds. The minimum absolute atomic E-state index is 0.115. The Hall–Kier alpha value is -2.04. The molecule has 2 N–H and O–H groups in total. The van der Waals surface area contributed by atoms with E-state index in [4.69, 9.17) is 9.84 Å². The van der Waals surface area contributed by atoms with E-state index in [0.29, 0.717) is 13.0 Å². The summed E-state index contributed by atoms with van der Waals surface area (Å²) in [5.41, 5.74) is 0.612. The predicted octanol–water partition coefficient (Wildman–Crippen LogP) is 3.66. The van der Waals surface area contributed by atoms with Crippen LogP contribution < -0.4 is 10.1 Å². The largest absolute Gasteiger partial charge is 0.497 e. The standard InChI is InChI=1S/C20H29NO4/c1-25-17-10-8-9-16(15-17)20(12-5-6-13-20)19(24)21-14-7-3-2-4-11-18(22)23/h8-10,15H,2-7,11-14H2,1H3,(H,21,24)(H,22,23). The number of benzene rings is 1. The summed E-state index contributed by atoms with van der Waals surface area (Å²) in [6.45, 7) is 0.650. The van der Waals surface area contributed by atoms with Crippen LogP contribution in [-0.2, 0) is 15.0 Å². The smallest absolute Gasteiger partial charge is 0.303 e. The molecule has 0 aliphatic heterocycles. The molecule has 1 aliphatic carbocycles. The van der Waals surface area contributed by atoms with Gasteiger partial charge >= 0.3 is 5.97 Å². The lowest BCUT2D eigenvalue weighted by atomic mass is 9.78. The molecule has 0 bridgehead atoms. The molecule has 5 heteroatoms. The Labute approximate surface area is 149 Å². The minimum Gasteiger partial charge on any atom is -0.497 e. The summed E-state index contributed by atoms with van der Waals surface area (Å²) in [6.07, 6.45) is 7.56. The Kier molecular flexibility index (Phi) is 7.29. The Morgan fingerprint density at radius 1 is 1.16 bits per heavy atom. The molecule has 1 aromatic rings. The number of hydrogen-bond acceptors (Lipinski definition) is 3. The average Bonchev–Trinajstić information content (AvgIpc) is 3.11. The number of nitrogens with one attached hydrogen (secondary N) is 1. The van der Waals surface area contributed by atoms with Gasteiger partial charge in [0.1, 0.15) is 5.75 Å². The van der Waals surface area contributed by atoms with Crippen molar-refractivity contribution >= 4 is 11.9 Å². The highest BCUT2D eigenvalue weighted by Crippen LogP contribution is 2.42. The van der Waals surface area contributed by atoms with Crippen molar-refractivity contribution in [2.75, 3.05) is 13.7 Å². The number of rotatable bonds is 10. The minimum atomic E-state index is -0.741. The molecule has 1 aromatic carbocycles. The zero-order chi connectivity index (χ0) is 18.1. The van der Waals surface area contributed by atoms with Gasteiger partial charge in [0.05, 0.1) is 12.5 Å². The molecule has 0 saturated heterocycles. The maximum atomic E-state index is 12.9. The van der Waals surface area contributed by atoms with Gasteiger partial charge in [-0.1, -0.05) is 37.8 Å². The molecule has 0 heterocycles.